The van der Waals surface area contributed by atoms with Crippen molar-refractivity contribution in [3.05, 3.63) is 60.7 Å². The summed E-state index contributed by atoms with van der Waals surface area (Å²) >= 11 is 0. The van der Waals surface area contributed by atoms with E-state index in [2.05, 4.69) is 74.6 Å². The molecule has 2 rings (SSSR count). The van der Waals surface area contributed by atoms with Crippen LogP contribution in [0.5, 0.6) is 0 Å². The number of benzene rings is 2. The maximum atomic E-state index is 10.4. The van der Waals surface area contributed by atoms with Crippen molar-refractivity contribution in [2.75, 3.05) is 13.2 Å². The van der Waals surface area contributed by atoms with Gasteiger partial charge >= 0.3 is 0 Å². The first-order valence-corrected chi connectivity index (χ1v) is 10.4. The Morgan fingerprint density at radius 2 is 1.46 bits per heavy atom. The number of carbonyl (C=O) groups is 1. The molecule has 0 spiro atoms. The minimum atomic E-state index is -2.43. The summed E-state index contributed by atoms with van der Waals surface area (Å²) in [6, 6.07) is 21.2. The second-order valence-electron chi connectivity index (χ2n) is 6.94. The van der Waals surface area contributed by atoms with Crippen molar-refractivity contribution in [3.63, 3.8) is 0 Å². The van der Waals surface area contributed by atoms with Crippen LogP contribution < -0.4 is 15.7 Å². The standard InChI is InChI=1S/C20H27NO2Si/c1-20(2,3)24(18-11-6-4-7-12-18,19-13-8-5-9-14-19)23-16-10-15-21-17-22/h4-9,11-14,17H,10,15-16H2,1-3H3,(H,21,22). The molecule has 2 aromatic rings. The van der Waals surface area contributed by atoms with Crippen LogP contribution >= 0.6 is 0 Å². The lowest BCUT2D eigenvalue weighted by molar-refractivity contribution is -0.109. The molecule has 4 heteroatoms. The van der Waals surface area contributed by atoms with Crippen molar-refractivity contribution in [2.45, 2.75) is 32.2 Å². The minimum Gasteiger partial charge on any atom is -0.407 e. The molecule has 0 bridgehead atoms. The monoisotopic (exact) mass is 341 g/mol. The zero-order chi connectivity index (χ0) is 17.5. The molecule has 0 aliphatic heterocycles. The number of rotatable bonds is 8. The average molecular weight is 342 g/mol. The third-order valence-corrected chi connectivity index (χ3v) is 9.33. The molecule has 0 saturated heterocycles. The van der Waals surface area contributed by atoms with E-state index in [0.29, 0.717) is 13.2 Å². The number of carbonyl (C=O) groups excluding carboxylic acids is 1. The number of amides is 1. The summed E-state index contributed by atoms with van der Waals surface area (Å²) in [5, 5.41) is 5.27. The van der Waals surface area contributed by atoms with Crippen molar-refractivity contribution in [1.82, 2.24) is 5.32 Å². The normalized spacial score (nSPS) is 12.0. The van der Waals surface area contributed by atoms with Gasteiger partial charge in [0.25, 0.3) is 8.32 Å². The Morgan fingerprint density at radius 3 is 1.88 bits per heavy atom. The van der Waals surface area contributed by atoms with Crippen molar-refractivity contribution >= 4 is 25.1 Å². The Morgan fingerprint density at radius 1 is 0.958 bits per heavy atom. The van der Waals surface area contributed by atoms with Gasteiger partial charge in [-0.05, 0) is 21.8 Å². The van der Waals surface area contributed by atoms with E-state index in [1.165, 1.54) is 10.4 Å². The zero-order valence-electron chi connectivity index (χ0n) is 14.8. The van der Waals surface area contributed by atoms with Crippen LogP contribution in [0.15, 0.2) is 60.7 Å². The van der Waals surface area contributed by atoms with E-state index in [1.807, 2.05) is 12.1 Å². The predicted octanol–water partition coefficient (Wildman–Crippen LogP) is 2.70. The number of nitrogens with one attached hydrogen (secondary N) is 1. The topological polar surface area (TPSA) is 38.3 Å². The van der Waals surface area contributed by atoms with Gasteiger partial charge in [-0.2, -0.15) is 0 Å². The molecule has 2 aromatic carbocycles. The first kappa shape index (κ1) is 18.4. The van der Waals surface area contributed by atoms with Crippen LogP contribution in [0.3, 0.4) is 0 Å². The van der Waals surface area contributed by atoms with Gasteiger partial charge in [-0.3, -0.25) is 4.79 Å². The van der Waals surface area contributed by atoms with Crippen molar-refractivity contribution in [2.24, 2.45) is 0 Å². The molecule has 0 heterocycles. The summed E-state index contributed by atoms with van der Waals surface area (Å²) in [5.41, 5.74) is 0. The van der Waals surface area contributed by atoms with Gasteiger partial charge in [0.2, 0.25) is 6.41 Å². The number of hydrogen-bond donors (Lipinski definition) is 1. The summed E-state index contributed by atoms with van der Waals surface area (Å²) < 4.78 is 6.70. The van der Waals surface area contributed by atoms with Crippen LogP contribution in [0.1, 0.15) is 27.2 Å². The molecular formula is C20H27NO2Si. The van der Waals surface area contributed by atoms with E-state index >= 15 is 0 Å². The van der Waals surface area contributed by atoms with Crippen molar-refractivity contribution < 1.29 is 9.22 Å². The Bertz CT molecular complexity index is 584. The van der Waals surface area contributed by atoms with Gasteiger partial charge in [0.15, 0.2) is 0 Å². The fourth-order valence-electron chi connectivity index (χ4n) is 3.22. The molecule has 0 aromatic heterocycles. The lowest BCUT2D eigenvalue weighted by Crippen LogP contribution is -2.66. The molecule has 1 amide bonds. The molecule has 24 heavy (non-hydrogen) atoms. The first-order chi connectivity index (χ1) is 11.5. The zero-order valence-corrected chi connectivity index (χ0v) is 15.8. The molecule has 3 nitrogen and oxygen atoms in total. The summed E-state index contributed by atoms with van der Waals surface area (Å²) in [6.45, 7) is 8.07. The van der Waals surface area contributed by atoms with Crippen LogP contribution in [0.25, 0.3) is 0 Å². The summed E-state index contributed by atoms with van der Waals surface area (Å²) in [7, 11) is -2.43. The second-order valence-corrected chi connectivity index (χ2v) is 11.2. The highest BCUT2D eigenvalue weighted by atomic mass is 28.4. The fourth-order valence-corrected chi connectivity index (χ4v) is 7.83. The van der Waals surface area contributed by atoms with E-state index in [-0.39, 0.29) is 5.04 Å². The van der Waals surface area contributed by atoms with Gasteiger partial charge in [0.1, 0.15) is 0 Å². The molecule has 0 aliphatic carbocycles. The van der Waals surface area contributed by atoms with Crippen LogP contribution in [0, 0.1) is 0 Å². The molecule has 1 N–H and O–H groups in total. The van der Waals surface area contributed by atoms with Gasteiger partial charge in [0, 0.05) is 13.2 Å². The van der Waals surface area contributed by atoms with Crippen molar-refractivity contribution in [1.29, 1.82) is 0 Å². The lowest BCUT2D eigenvalue weighted by Gasteiger charge is -2.43. The molecular weight excluding hydrogens is 314 g/mol. The highest BCUT2D eigenvalue weighted by molar-refractivity contribution is 6.99. The quantitative estimate of drug-likeness (QED) is 0.455. The summed E-state index contributed by atoms with van der Waals surface area (Å²) in [6.07, 6.45) is 1.55. The van der Waals surface area contributed by atoms with Gasteiger partial charge < -0.3 is 9.74 Å². The van der Waals surface area contributed by atoms with Crippen LogP contribution in [-0.2, 0) is 9.22 Å². The minimum absolute atomic E-state index is 0.00616. The van der Waals surface area contributed by atoms with E-state index < -0.39 is 8.32 Å². The third kappa shape index (κ3) is 3.94. The lowest BCUT2D eigenvalue weighted by atomic mass is 10.2. The van der Waals surface area contributed by atoms with Gasteiger partial charge in [0.05, 0.1) is 0 Å². The average Bonchev–Trinajstić information content (AvgIpc) is 2.59. The Balaban J connectivity index is 2.43. The molecule has 128 valence electrons. The van der Waals surface area contributed by atoms with E-state index in [0.717, 1.165) is 12.8 Å². The van der Waals surface area contributed by atoms with Gasteiger partial charge in [-0.25, -0.2) is 0 Å². The molecule has 0 saturated carbocycles. The fraction of sp³-hybridized carbons (Fsp3) is 0.350. The molecule has 0 radical (unpaired) electrons. The molecule has 0 fully saturated rings. The van der Waals surface area contributed by atoms with Gasteiger partial charge in [-0.1, -0.05) is 81.4 Å². The highest BCUT2D eigenvalue weighted by Crippen LogP contribution is 2.36. The van der Waals surface area contributed by atoms with E-state index in [9.17, 15) is 4.79 Å². The Hall–Kier alpha value is -1.91. The smallest absolute Gasteiger partial charge is 0.261 e. The highest BCUT2D eigenvalue weighted by Gasteiger charge is 2.49. The van der Waals surface area contributed by atoms with Crippen LogP contribution in [0.4, 0.5) is 0 Å². The summed E-state index contributed by atoms with van der Waals surface area (Å²) in [5.74, 6) is 0. The maximum absolute atomic E-state index is 10.4. The number of hydrogen-bond acceptors (Lipinski definition) is 2. The predicted molar refractivity (Wildman–Crippen MR) is 102 cm³/mol. The largest absolute Gasteiger partial charge is 0.407 e. The van der Waals surface area contributed by atoms with E-state index in [1.54, 1.807) is 0 Å². The second kappa shape index (κ2) is 8.26. The Labute approximate surface area is 146 Å². The van der Waals surface area contributed by atoms with Crippen molar-refractivity contribution in [3.8, 4) is 0 Å². The van der Waals surface area contributed by atoms with E-state index in [4.69, 9.17) is 4.43 Å². The maximum Gasteiger partial charge on any atom is 0.261 e. The van der Waals surface area contributed by atoms with Crippen LogP contribution in [0.2, 0.25) is 5.04 Å². The molecule has 0 atom stereocenters. The molecule has 0 unspecified atom stereocenters. The first-order valence-electron chi connectivity index (χ1n) is 8.44. The SMILES string of the molecule is CC(C)(C)[Si](OCCCNC=O)(c1ccccc1)c1ccccc1. The summed E-state index contributed by atoms with van der Waals surface area (Å²) in [4.78, 5) is 10.4. The third-order valence-electron chi connectivity index (χ3n) is 4.28. The van der Waals surface area contributed by atoms with Crippen LogP contribution in [-0.4, -0.2) is 27.9 Å². The Kier molecular flexibility index (Phi) is 6.34. The van der Waals surface area contributed by atoms with Gasteiger partial charge in [-0.15, -0.1) is 0 Å². The molecule has 0 aliphatic rings.